The van der Waals surface area contributed by atoms with Crippen LogP contribution in [0.3, 0.4) is 0 Å². The third-order valence-electron chi connectivity index (χ3n) is 4.33. The van der Waals surface area contributed by atoms with Gasteiger partial charge in [0.2, 0.25) is 0 Å². The van der Waals surface area contributed by atoms with Gasteiger partial charge in [0.25, 0.3) is 0 Å². The second-order valence-corrected chi connectivity index (χ2v) is 7.77. The maximum Gasteiger partial charge on any atom is -0.00153 e. The highest BCUT2D eigenvalue weighted by Gasteiger charge is 2.26. The monoisotopic (exact) mass is 269 g/mol. The van der Waals surface area contributed by atoms with E-state index in [4.69, 9.17) is 0 Å². The quantitative estimate of drug-likeness (QED) is 0.552. The van der Waals surface area contributed by atoms with Crippen molar-refractivity contribution in [2.24, 2.45) is 23.2 Å². The summed E-state index contributed by atoms with van der Waals surface area (Å²) >= 11 is 0. The van der Waals surface area contributed by atoms with Crippen molar-refractivity contribution in [2.45, 2.75) is 80.6 Å². The Labute approximate surface area is 122 Å². The Morgan fingerprint density at radius 3 is 2.05 bits per heavy atom. The van der Waals surface area contributed by atoms with Gasteiger partial charge in [-0.3, -0.25) is 0 Å². The van der Waals surface area contributed by atoms with Crippen molar-refractivity contribution in [3.63, 3.8) is 0 Å². The van der Waals surface area contributed by atoms with Crippen LogP contribution < -0.4 is 5.32 Å². The summed E-state index contributed by atoms with van der Waals surface area (Å²) in [7, 11) is 0. The first-order valence-corrected chi connectivity index (χ1v) is 8.51. The SMILES string of the molecule is CCCCC(CC)CC(CNCC(C)C)C(C)(C)C. The minimum absolute atomic E-state index is 0.420. The summed E-state index contributed by atoms with van der Waals surface area (Å²) in [6.45, 7) is 18.8. The molecule has 2 unspecified atom stereocenters. The van der Waals surface area contributed by atoms with E-state index in [1.165, 1.54) is 38.6 Å². The van der Waals surface area contributed by atoms with Crippen LogP contribution in [0.1, 0.15) is 80.6 Å². The number of hydrogen-bond acceptors (Lipinski definition) is 1. The molecule has 0 aliphatic heterocycles. The number of hydrogen-bond donors (Lipinski definition) is 1. The van der Waals surface area contributed by atoms with E-state index in [0.717, 1.165) is 24.3 Å². The molecule has 0 rings (SSSR count). The van der Waals surface area contributed by atoms with Gasteiger partial charge in [0.1, 0.15) is 0 Å². The molecule has 19 heavy (non-hydrogen) atoms. The zero-order valence-corrected chi connectivity index (χ0v) is 14.7. The Hall–Kier alpha value is -0.0400. The highest BCUT2D eigenvalue weighted by Crippen LogP contribution is 2.33. The van der Waals surface area contributed by atoms with E-state index in [0.29, 0.717) is 5.41 Å². The zero-order valence-electron chi connectivity index (χ0n) is 14.7. The molecule has 0 radical (unpaired) electrons. The van der Waals surface area contributed by atoms with Crippen molar-refractivity contribution in [2.75, 3.05) is 13.1 Å². The lowest BCUT2D eigenvalue weighted by atomic mass is 9.74. The van der Waals surface area contributed by atoms with Crippen LogP contribution in [0.5, 0.6) is 0 Å². The largest absolute Gasteiger partial charge is 0.316 e. The Morgan fingerprint density at radius 2 is 1.63 bits per heavy atom. The van der Waals surface area contributed by atoms with Crippen molar-refractivity contribution >= 4 is 0 Å². The Kier molecular flexibility index (Phi) is 9.78. The van der Waals surface area contributed by atoms with Gasteiger partial charge < -0.3 is 5.32 Å². The summed E-state index contributed by atoms with van der Waals surface area (Å²) in [6, 6.07) is 0. The van der Waals surface area contributed by atoms with Gasteiger partial charge in [-0.25, -0.2) is 0 Å². The van der Waals surface area contributed by atoms with Crippen LogP contribution in [0.25, 0.3) is 0 Å². The molecule has 0 aliphatic rings. The molecule has 0 amide bonds. The van der Waals surface area contributed by atoms with Crippen LogP contribution >= 0.6 is 0 Å². The molecule has 1 heteroatoms. The predicted molar refractivity (Wildman–Crippen MR) is 88.6 cm³/mol. The van der Waals surface area contributed by atoms with Gasteiger partial charge in [-0.1, -0.05) is 74.1 Å². The Balaban J connectivity index is 4.32. The maximum atomic E-state index is 3.68. The average molecular weight is 270 g/mol. The number of nitrogens with one attached hydrogen (secondary N) is 1. The standard InChI is InChI=1S/C18H39N/c1-8-10-11-16(9-2)12-17(18(5,6)7)14-19-13-15(3)4/h15-17,19H,8-14H2,1-7H3. The van der Waals surface area contributed by atoms with Crippen LogP contribution in [0.4, 0.5) is 0 Å². The average Bonchev–Trinajstić information content (AvgIpc) is 2.30. The van der Waals surface area contributed by atoms with E-state index in [-0.39, 0.29) is 0 Å². The summed E-state index contributed by atoms with van der Waals surface area (Å²) in [6.07, 6.45) is 6.89. The molecular weight excluding hydrogens is 230 g/mol. The highest BCUT2D eigenvalue weighted by molar-refractivity contribution is 4.79. The van der Waals surface area contributed by atoms with Gasteiger partial charge in [-0.15, -0.1) is 0 Å². The maximum absolute atomic E-state index is 3.68. The molecule has 0 aromatic rings. The third-order valence-corrected chi connectivity index (χ3v) is 4.33. The van der Waals surface area contributed by atoms with Gasteiger partial charge in [0, 0.05) is 0 Å². The fourth-order valence-corrected chi connectivity index (χ4v) is 2.67. The van der Waals surface area contributed by atoms with Crippen LogP contribution in [-0.2, 0) is 0 Å². The van der Waals surface area contributed by atoms with Crippen molar-refractivity contribution in [3.05, 3.63) is 0 Å². The van der Waals surface area contributed by atoms with Gasteiger partial charge in [-0.2, -0.15) is 0 Å². The fourth-order valence-electron chi connectivity index (χ4n) is 2.67. The normalized spacial score (nSPS) is 15.8. The van der Waals surface area contributed by atoms with Crippen molar-refractivity contribution in [3.8, 4) is 0 Å². The topological polar surface area (TPSA) is 12.0 Å². The first-order valence-electron chi connectivity index (χ1n) is 8.51. The Morgan fingerprint density at radius 1 is 1.00 bits per heavy atom. The van der Waals surface area contributed by atoms with E-state index >= 15 is 0 Å². The zero-order chi connectivity index (χ0) is 14.9. The molecule has 0 saturated carbocycles. The number of unbranched alkanes of at least 4 members (excludes halogenated alkanes) is 1. The van der Waals surface area contributed by atoms with Crippen LogP contribution in [0.2, 0.25) is 0 Å². The van der Waals surface area contributed by atoms with Gasteiger partial charge >= 0.3 is 0 Å². The van der Waals surface area contributed by atoms with Crippen LogP contribution in [0, 0.1) is 23.2 Å². The lowest BCUT2D eigenvalue weighted by molar-refractivity contribution is 0.181. The highest BCUT2D eigenvalue weighted by atomic mass is 14.9. The minimum Gasteiger partial charge on any atom is -0.316 e. The minimum atomic E-state index is 0.420. The van der Waals surface area contributed by atoms with E-state index < -0.39 is 0 Å². The molecule has 0 aromatic carbocycles. The van der Waals surface area contributed by atoms with Gasteiger partial charge in [0.05, 0.1) is 0 Å². The summed E-state index contributed by atoms with van der Waals surface area (Å²) < 4.78 is 0. The van der Waals surface area contributed by atoms with Gasteiger partial charge in [-0.05, 0) is 42.7 Å². The van der Waals surface area contributed by atoms with Crippen molar-refractivity contribution < 1.29 is 0 Å². The van der Waals surface area contributed by atoms with Gasteiger partial charge in [0.15, 0.2) is 0 Å². The molecule has 0 bridgehead atoms. The van der Waals surface area contributed by atoms with E-state index in [1.807, 2.05) is 0 Å². The second kappa shape index (κ2) is 9.80. The van der Waals surface area contributed by atoms with E-state index in [2.05, 4.69) is 53.8 Å². The summed E-state index contributed by atoms with van der Waals surface area (Å²) in [5.74, 6) is 2.47. The molecule has 116 valence electrons. The lowest BCUT2D eigenvalue weighted by Gasteiger charge is -2.34. The Bertz CT molecular complexity index is 202. The van der Waals surface area contributed by atoms with Crippen molar-refractivity contribution in [1.29, 1.82) is 0 Å². The second-order valence-electron chi connectivity index (χ2n) is 7.77. The third kappa shape index (κ3) is 9.49. The first-order chi connectivity index (χ1) is 8.81. The lowest BCUT2D eigenvalue weighted by Crippen LogP contribution is -2.35. The summed E-state index contributed by atoms with van der Waals surface area (Å²) in [5, 5.41) is 3.68. The summed E-state index contributed by atoms with van der Waals surface area (Å²) in [4.78, 5) is 0. The molecule has 0 spiro atoms. The molecule has 0 aliphatic carbocycles. The molecular formula is C18H39N. The molecule has 0 aromatic heterocycles. The predicted octanol–water partition coefficient (Wildman–Crippen LogP) is 5.50. The molecule has 1 N–H and O–H groups in total. The molecule has 0 heterocycles. The van der Waals surface area contributed by atoms with E-state index in [1.54, 1.807) is 0 Å². The fraction of sp³-hybridized carbons (Fsp3) is 1.00. The molecule has 1 nitrogen and oxygen atoms in total. The molecule has 2 atom stereocenters. The molecule has 0 saturated heterocycles. The van der Waals surface area contributed by atoms with E-state index in [9.17, 15) is 0 Å². The number of rotatable bonds is 10. The first kappa shape index (κ1) is 19.0. The van der Waals surface area contributed by atoms with Crippen molar-refractivity contribution in [1.82, 2.24) is 5.32 Å². The summed E-state index contributed by atoms with van der Waals surface area (Å²) in [5.41, 5.74) is 0.420. The van der Waals surface area contributed by atoms with Crippen LogP contribution in [-0.4, -0.2) is 13.1 Å². The molecule has 0 fully saturated rings. The smallest absolute Gasteiger partial charge is 0.00153 e. The van der Waals surface area contributed by atoms with Crippen LogP contribution in [0.15, 0.2) is 0 Å².